The highest BCUT2D eigenvalue weighted by atomic mass is 32.1. The van der Waals surface area contributed by atoms with Crippen molar-refractivity contribution in [3.8, 4) is 0 Å². The van der Waals surface area contributed by atoms with Gasteiger partial charge in [0, 0.05) is 0 Å². The van der Waals surface area contributed by atoms with Gasteiger partial charge in [0.15, 0.2) is 0 Å². The van der Waals surface area contributed by atoms with Crippen LogP contribution in [-0.4, -0.2) is 40.7 Å². The fourth-order valence-corrected chi connectivity index (χ4v) is 3.50. The zero-order valence-electron chi connectivity index (χ0n) is 15.2. The molecule has 0 unspecified atom stereocenters. The molecule has 0 radical (unpaired) electrons. The van der Waals surface area contributed by atoms with E-state index in [-0.39, 0.29) is 0 Å². The minimum atomic E-state index is -1.08. The van der Waals surface area contributed by atoms with E-state index in [2.05, 4.69) is 16.2 Å². The summed E-state index contributed by atoms with van der Waals surface area (Å²) in [5.74, 6) is -1.60. The number of nitrogens with zero attached hydrogens (tertiary/aromatic N) is 1. The lowest BCUT2D eigenvalue weighted by Crippen LogP contribution is -2.48. The molecule has 1 fully saturated rings. The summed E-state index contributed by atoms with van der Waals surface area (Å²) >= 11 is 1.23. The molecule has 0 saturated carbocycles. The molecule has 0 aliphatic carbocycles. The van der Waals surface area contributed by atoms with Gasteiger partial charge in [-0.15, -0.1) is 11.3 Å². The summed E-state index contributed by atoms with van der Waals surface area (Å²) in [4.78, 5) is 50.1. The highest BCUT2D eigenvalue weighted by Gasteiger charge is 2.47. The zero-order chi connectivity index (χ0) is 20.1. The van der Waals surface area contributed by atoms with Crippen molar-refractivity contribution in [2.24, 2.45) is 0 Å². The predicted octanol–water partition coefficient (Wildman–Crippen LogP) is 1.45. The van der Waals surface area contributed by atoms with E-state index in [0.717, 1.165) is 10.5 Å². The minimum Gasteiger partial charge on any atom is -0.323 e. The number of aryl methyl sites for hydroxylation is 1. The highest BCUT2D eigenvalue weighted by molar-refractivity contribution is 7.12. The molecular weight excluding hydrogens is 380 g/mol. The summed E-state index contributed by atoms with van der Waals surface area (Å²) in [5.41, 5.74) is 4.45. The normalized spacial score (nSPS) is 18.7. The monoisotopic (exact) mass is 400 g/mol. The van der Waals surface area contributed by atoms with Gasteiger partial charge in [0.05, 0.1) is 4.88 Å². The number of hydrogen-bond acceptors (Lipinski definition) is 5. The van der Waals surface area contributed by atoms with Crippen molar-refractivity contribution in [3.63, 3.8) is 0 Å². The van der Waals surface area contributed by atoms with E-state index in [9.17, 15) is 19.2 Å². The minimum absolute atomic E-state index is 0.412. The third kappa shape index (κ3) is 4.37. The number of hydrazine groups is 1. The van der Waals surface area contributed by atoms with Crippen LogP contribution in [0.3, 0.4) is 0 Å². The number of carbonyl (C=O) groups excluding carboxylic acids is 4. The molecule has 0 spiro atoms. The number of hydrogen-bond donors (Lipinski definition) is 3. The van der Waals surface area contributed by atoms with Gasteiger partial charge in [0.1, 0.15) is 12.1 Å². The van der Waals surface area contributed by atoms with E-state index in [1.165, 1.54) is 11.3 Å². The second kappa shape index (κ2) is 8.22. The lowest BCUT2D eigenvalue weighted by Gasteiger charge is -2.21. The average Bonchev–Trinajstić information content (AvgIpc) is 3.29. The Morgan fingerprint density at radius 2 is 1.86 bits per heavy atom. The molecule has 1 aliphatic rings. The van der Waals surface area contributed by atoms with Crippen molar-refractivity contribution < 1.29 is 19.2 Å². The van der Waals surface area contributed by atoms with Gasteiger partial charge < -0.3 is 5.32 Å². The Morgan fingerprint density at radius 1 is 1.11 bits per heavy atom. The maximum Gasteiger partial charge on any atom is 0.325 e. The smallest absolute Gasteiger partial charge is 0.323 e. The molecule has 3 rings (SSSR count). The number of benzene rings is 1. The second-order valence-electron chi connectivity index (χ2n) is 6.62. The topological polar surface area (TPSA) is 108 Å². The number of urea groups is 1. The third-order valence-electron chi connectivity index (χ3n) is 4.46. The number of nitrogens with one attached hydrogen (secondary N) is 3. The van der Waals surface area contributed by atoms with E-state index in [0.29, 0.717) is 17.7 Å². The van der Waals surface area contributed by atoms with Gasteiger partial charge in [0.2, 0.25) is 0 Å². The Labute approximate surface area is 165 Å². The number of imide groups is 1. The molecule has 0 bridgehead atoms. The molecule has 1 aromatic heterocycles. The fraction of sp³-hybridized carbons (Fsp3) is 0.263. The summed E-state index contributed by atoms with van der Waals surface area (Å²) in [7, 11) is 0. The molecule has 1 atom stereocenters. The lowest BCUT2D eigenvalue weighted by molar-refractivity contribution is -0.134. The van der Waals surface area contributed by atoms with Crippen molar-refractivity contribution >= 4 is 35.1 Å². The molecule has 2 aromatic rings. The van der Waals surface area contributed by atoms with Crippen LogP contribution in [0.2, 0.25) is 0 Å². The van der Waals surface area contributed by atoms with Crippen LogP contribution < -0.4 is 16.2 Å². The number of thiophene rings is 1. The van der Waals surface area contributed by atoms with E-state index in [1.54, 1.807) is 24.4 Å². The molecule has 5 amide bonds. The Kier molecular flexibility index (Phi) is 5.74. The summed E-state index contributed by atoms with van der Waals surface area (Å²) in [6.07, 6.45) is 1.02. The number of amides is 5. The van der Waals surface area contributed by atoms with Crippen LogP contribution in [0.1, 0.15) is 28.6 Å². The number of rotatable bonds is 6. The first-order valence-electron chi connectivity index (χ1n) is 8.70. The first-order valence-corrected chi connectivity index (χ1v) is 9.58. The highest BCUT2D eigenvalue weighted by Crippen LogP contribution is 2.23. The van der Waals surface area contributed by atoms with E-state index in [1.807, 2.05) is 30.3 Å². The maximum absolute atomic E-state index is 12.7. The van der Waals surface area contributed by atoms with E-state index >= 15 is 0 Å². The molecule has 28 heavy (non-hydrogen) atoms. The van der Waals surface area contributed by atoms with Gasteiger partial charge in [0.25, 0.3) is 17.7 Å². The number of carbonyl (C=O) groups is 4. The van der Waals surface area contributed by atoms with Crippen molar-refractivity contribution in [1.29, 1.82) is 0 Å². The molecule has 146 valence electrons. The molecular formula is C19H20N4O4S. The molecule has 2 heterocycles. The van der Waals surface area contributed by atoms with Crippen molar-refractivity contribution in [2.75, 3.05) is 6.54 Å². The third-order valence-corrected chi connectivity index (χ3v) is 5.33. The summed E-state index contributed by atoms with van der Waals surface area (Å²) in [5, 5.41) is 4.40. The average molecular weight is 400 g/mol. The van der Waals surface area contributed by atoms with Crippen molar-refractivity contribution in [2.45, 2.75) is 25.3 Å². The zero-order valence-corrected chi connectivity index (χ0v) is 16.0. The van der Waals surface area contributed by atoms with Gasteiger partial charge in [-0.3, -0.25) is 30.1 Å². The largest absolute Gasteiger partial charge is 0.325 e. The Morgan fingerprint density at radius 3 is 2.54 bits per heavy atom. The molecule has 1 aliphatic heterocycles. The Balaban J connectivity index is 1.54. The van der Waals surface area contributed by atoms with Crippen LogP contribution in [0.15, 0.2) is 47.8 Å². The molecule has 1 aromatic carbocycles. The van der Waals surface area contributed by atoms with Crippen molar-refractivity contribution in [3.05, 3.63) is 58.3 Å². The van der Waals surface area contributed by atoms with E-state index in [4.69, 9.17) is 0 Å². The molecule has 1 saturated heterocycles. The summed E-state index contributed by atoms with van der Waals surface area (Å²) in [6, 6.07) is 12.3. The maximum atomic E-state index is 12.7. The standard InChI is InChI=1S/C19H20N4O4S/c1-19(10-9-13-6-3-2-4-7-13)17(26)23(18(27)20-19)12-15(24)21-22-16(25)14-8-5-11-28-14/h2-8,11H,9-10,12H2,1H3,(H,20,27)(H,21,24)(H,22,25)/t19-/m0/s1. The SMILES string of the molecule is C[C@@]1(CCc2ccccc2)NC(=O)N(CC(=O)NNC(=O)c2cccs2)C1=O. The van der Waals surface area contributed by atoms with Crippen LogP contribution in [0.5, 0.6) is 0 Å². The van der Waals surface area contributed by atoms with Crippen LogP contribution in [0.25, 0.3) is 0 Å². The van der Waals surface area contributed by atoms with Crippen LogP contribution in [0, 0.1) is 0 Å². The van der Waals surface area contributed by atoms with Gasteiger partial charge in [-0.2, -0.15) is 0 Å². The van der Waals surface area contributed by atoms with Crippen LogP contribution in [0.4, 0.5) is 4.79 Å². The van der Waals surface area contributed by atoms with Gasteiger partial charge in [-0.1, -0.05) is 36.4 Å². The Bertz CT molecular complexity index is 885. The fourth-order valence-electron chi connectivity index (χ4n) is 2.88. The van der Waals surface area contributed by atoms with Gasteiger partial charge >= 0.3 is 6.03 Å². The first-order chi connectivity index (χ1) is 13.4. The first kappa shape index (κ1) is 19.6. The van der Waals surface area contributed by atoms with Crippen LogP contribution >= 0.6 is 11.3 Å². The molecule has 9 heteroatoms. The quantitative estimate of drug-likeness (QED) is 0.504. The van der Waals surface area contributed by atoms with Gasteiger partial charge in [-0.25, -0.2) is 4.79 Å². The van der Waals surface area contributed by atoms with E-state index < -0.39 is 35.8 Å². The van der Waals surface area contributed by atoms with Gasteiger partial charge in [-0.05, 0) is 36.8 Å². The lowest BCUT2D eigenvalue weighted by atomic mass is 9.93. The molecule has 3 N–H and O–H groups in total. The Hall–Kier alpha value is -3.20. The van der Waals surface area contributed by atoms with Crippen LogP contribution in [-0.2, 0) is 16.0 Å². The second-order valence-corrected chi connectivity index (χ2v) is 7.57. The predicted molar refractivity (Wildman–Crippen MR) is 103 cm³/mol. The van der Waals surface area contributed by atoms with Crippen molar-refractivity contribution in [1.82, 2.24) is 21.1 Å². The molecule has 8 nitrogen and oxygen atoms in total. The summed E-state index contributed by atoms with van der Waals surface area (Å²) in [6.45, 7) is 1.17. The summed E-state index contributed by atoms with van der Waals surface area (Å²) < 4.78 is 0.